The van der Waals surface area contributed by atoms with Crippen molar-refractivity contribution in [1.29, 1.82) is 0 Å². The van der Waals surface area contributed by atoms with Crippen molar-refractivity contribution < 1.29 is 5.11 Å². The second kappa shape index (κ2) is 7.25. The number of aromatic nitrogens is 3. The number of nitrogens with one attached hydrogen (secondary N) is 1. The molecule has 1 aliphatic rings. The molecule has 3 aromatic carbocycles. The largest absolute Gasteiger partial charge is 0.508 e. The van der Waals surface area contributed by atoms with E-state index in [0.29, 0.717) is 10.9 Å². The average molecular weight is 450 g/mol. The quantitative estimate of drug-likeness (QED) is 0.427. The van der Waals surface area contributed by atoms with Gasteiger partial charge in [0.2, 0.25) is 0 Å². The number of nitrogens with zero attached hydrogens (tertiary/aromatic N) is 3. The zero-order valence-corrected chi connectivity index (χ0v) is 18.7. The molecule has 7 heteroatoms. The number of fused-ring (bicyclic) bond motifs is 5. The Kier molecular flexibility index (Phi) is 4.29. The lowest BCUT2D eigenvalue weighted by Gasteiger charge is -2.31. The standard InChI is InChI=1S/C27H22N4O3/c1-29-24-21(26(33)30(2)27(29)34)23(16-9-4-3-5-10-16)31-20-14-7-6-13-19(20)28-22(25(24)31)17-11-8-12-18(32)15-17/h3-15,22,28,32H,1-2H3/t22-/m1/s1. The molecule has 1 aliphatic heterocycles. The fourth-order valence-electron chi connectivity index (χ4n) is 5.04. The number of rotatable bonds is 2. The lowest BCUT2D eigenvalue weighted by molar-refractivity contribution is 0.474. The molecule has 168 valence electrons. The minimum Gasteiger partial charge on any atom is -0.508 e. The van der Waals surface area contributed by atoms with E-state index in [1.165, 1.54) is 7.05 Å². The van der Waals surface area contributed by atoms with Crippen molar-refractivity contribution in [1.82, 2.24) is 13.7 Å². The number of aromatic hydroxyl groups is 1. The number of aryl methyl sites for hydroxylation is 1. The highest BCUT2D eigenvalue weighted by molar-refractivity contribution is 5.99. The Balaban J connectivity index is 1.87. The van der Waals surface area contributed by atoms with Crippen molar-refractivity contribution >= 4 is 16.6 Å². The predicted molar refractivity (Wildman–Crippen MR) is 133 cm³/mol. The Bertz CT molecular complexity index is 1710. The van der Waals surface area contributed by atoms with Gasteiger partial charge in [-0.2, -0.15) is 0 Å². The topological polar surface area (TPSA) is 81.2 Å². The fraction of sp³-hybridized carbons (Fsp3) is 0.111. The van der Waals surface area contributed by atoms with Crippen LogP contribution in [0.1, 0.15) is 17.3 Å². The maximum atomic E-state index is 13.6. The van der Waals surface area contributed by atoms with Gasteiger partial charge in [-0.1, -0.05) is 54.6 Å². The van der Waals surface area contributed by atoms with Crippen molar-refractivity contribution in [2.24, 2.45) is 14.1 Å². The van der Waals surface area contributed by atoms with Crippen LogP contribution in [0.2, 0.25) is 0 Å². The molecular weight excluding hydrogens is 428 g/mol. The molecule has 2 N–H and O–H groups in total. The summed E-state index contributed by atoms with van der Waals surface area (Å²) in [7, 11) is 3.20. The van der Waals surface area contributed by atoms with Crippen LogP contribution in [0.5, 0.6) is 5.75 Å². The first kappa shape index (κ1) is 20.1. The maximum absolute atomic E-state index is 13.6. The lowest BCUT2D eigenvalue weighted by atomic mass is 9.99. The molecule has 0 unspecified atom stereocenters. The van der Waals surface area contributed by atoms with Crippen LogP contribution in [-0.4, -0.2) is 18.8 Å². The van der Waals surface area contributed by atoms with E-state index in [1.54, 1.807) is 29.8 Å². The first-order chi connectivity index (χ1) is 16.5. The highest BCUT2D eigenvalue weighted by Crippen LogP contribution is 2.45. The minimum atomic E-state index is -0.403. The van der Waals surface area contributed by atoms with Gasteiger partial charge in [0.05, 0.1) is 39.7 Å². The third-order valence-electron chi connectivity index (χ3n) is 6.58. The summed E-state index contributed by atoms with van der Waals surface area (Å²) in [6.07, 6.45) is 0. The van der Waals surface area contributed by atoms with E-state index in [1.807, 2.05) is 60.7 Å². The van der Waals surface area contributed by atoms with Crippen molar-refractivity contribution in [3.05, 3.63) is 111 Å². The van der Waals surface area contributed by atoms with Gasteiger partial charge in [-0.05, 0) is 35.4 Å². The van der Waals surface area contributed by atoms with Crippen molar-refractivity contribution in [3.63, 3.8) is 0 Å². The number of anilines is 1. The summed E-state index contributed by atoms with van der Waals surface area (Å²) in [6.45, 7) is 0. The molecule has 5 aromatic rings. The summed E-state index contributed by atoms with van der Waals surface area (Å²) in [4.78, 5) is 26.6. The molecule has 0 radical (unpaired) electrons. The Hall–Kier alpha value is -4.52. The molecule has 1 atom stereocenters. The normalized spacial score (nSPS) is 14.5. The fourth-order valence-corrected chi connectivity index (χ4v) is 5.04. The van der Waals surface area contributed by atoms with E-state index in [0.717, 1.165) is 38.5 Å². The summed E-state index contributed by atoms with van der Waals surface area (Å²) in [6, 6.07) is 24.3. The van der Waals surface area contributed by atoms with Crippen LogP contribution in [-0.2, 0) is 14.1 Å². The summed E-state index contributed by atoms with van der Waals surface area (Å²) in [5.41, 5.74) is 4.83. The Morgan fingerprint density at radius 3 is 2.35 bits per heavy atom. The number of para-hydroxylation sites is 2. The minimum absolute atomic E-state index is 0.147. The van der Waals surface area contributed by atoms with Crippen LogP contribution in [0.15, 0.2) is 88.5 Å². The molecule has 7 nitrogen and oxygen atoms in total. The molecule has 2 aromatic heterocycles. The molecule has 0 fully saturated rings. The summed E-state index contributed by atoms with van der Waals surface area (Å²) < 4.78 is 4.78. The molecule has 6 rings (SSSR count). The van der Waals surface area contributed by atoms with Gasteiger partial charge in [0.15, 0.2) is 0 Å². The molecule has 0 amide bonds. The van der Waals surface area contributed by atoms with Gasteiger partial charge < -0.3 is 15.0 Å². The van der Waals surface area contributed by atoms with Gasteiger partial charge in [-0.3, -0.25) is 13.9 Å². The summed E-state index contributed by atoms with van der Waals surface area (Å²) in [5, 5.41) is 14.3. The third kappa shape index (κ3) is 2.70. The van der Waals surface area contributed by atoms with E-state index in [-0.39, 0.29) is 17.0 Å². The van der Waals surface area contributed by atoms with E-state index < -0.39 is 6.04 Å². The molecule has 0 saturated carbocycles. The Morgan fingerprint density at radius 2 is 1.59 bits per heavy atom. The molecule has 0 aliphatic carbocycles. The van der Waals surface area contributed by atoms with Gasteiger partial charge in [-0.15, -0.1) is 0 Å². The SMILES string of the molecule is Cn1c(=O)c2c(-c3ccccc3)n3c(c2n(C)c1=O)[C@@H](c1cccc(O)c1)Nc1ccccc1-3. The van der Waals surface area contributed by atoms with Gasteiger partial charge in [0.25, 0.3) is 5.56 Å². The van der Waals surface area contributed by atoms with Crippen LogP contribution in [0.4, 0.5) is 5.69 Å². The van der Waals surface area contributed by atoms with Gasteiger partial charge >= 0.3 is 5.69 Å². The second-order valence-electron chi connectivity index (χ2n) is 8.55. The van der Waals surface area contributed by atoms with E-state index in [9.17, 15) is 14.7 Å². The first-order valence-corrected chi connectivity index (χ1v) is 11.0. The Labute approximate surface area is 194 Å². The smallest absolute Gasteiger partial charge is 0.331 e. The highest BCUT2D eigenvalue weighted by Gasteiger charge is 2.34. The lowest BCUT2D eigenvalue weighted by Crippen LogP contribution is -2.37. The first-order valence-electron chi connectivity index (χ1n) is 11.0. The zero-order valence-electron chi connectivity index (χ0n) is 18.7. The van der Waals surface area contributed by atoms with Crippen LogP contribution in [0.25, 0.3) is 27.8 Å². The third-order valence-corrected chi connectivity index (χ3v) is 6.58. The molecule has 0 spiro atoms. The van der Waals surface area contributed by atoms with E-state index in [2.05, 4.69) is 9.88 Å². The Morgan fingerprint density at radius 1 is 0.853 bits per heavy atom. The van der Waals surface area contributed by atoms with Crippen molar-refractivity contribution in [2.45, 2.75) is 6.04 Å². The molecule has 0 bridgehead atoms. The predicted octanol–water partition coefficient (Wildman–Crippen LogP) is 3.92. The van der Waals surface area contributed by atoms with Crippen molar-refractivity contribution in [2.75, 3.05) is 5.32 Å². The summed E-state index contributed by atoms with van der Waals surface area (Å²) >= 11 is 0. The van der Waals surface area contributed by atoms with Crippen LogP contribution in [0, 0.1) is 0 Å². The molecular formula is C27H22N4O3. The van der Waals surface area contributed by atoms with Gasteiger partial charge in [0, 0.05) is 14.1 Å². The van der Waals surface area contributed by atoms with Gasteiger partial charge in [-0.25, -0.2) is 4.79 Å². The number of phenols is 1. The van der Waals surface area contributed by atoms with Crippen molar-refractivity contribution in [3.8, 4) is 22.7 Å². The monoisotopic (exact) mass is 450 g/mol. The number of benzene rings is 3. The maximum Gasteiger partial charge on any atom is 0.331 e. The highest BCUT2D eigenvalue weighted by atomic mass is 16.3. The summed E-state index contributed by atoms with van der Waals surface area (Å²) in [5.74, 6) is 0.147. The average Bonchev–Trinajstić information content (AvgIpc) is 3.23. The number of phenolic OH excluding ortho intramolecular Hbond substituents is 1. The number of hydrogen-bond donors (Lipinski definition) is 2. The van der Waals surface area contributed by atoms with Crippen LogP contribution < -0.4 is 16.6 Å². The van der Waals surface area contributed by atoms with E-state index >= 15 is 0 Å². The molecule has 34 heavy (non-hydrogen) atoms. The van der Waals surface area contributed by atoms with Gasteiger partial charge in [0.1, 0.15) is 5.75 Å². The number of hydrogen-bond acceptors (Lipinski definition) is 4. The molecule has 3 heterocycles. The molecule has 0 saturated heterocycles. The van der Waals surface area contributed by atoms with E-state index in [4.69, 9.17) is 0 Å². The zero-order chi connectivity index (χ0) is 23.6. The second-order valence-corrected chi connectivity index (χ2v) is 8.55. The van der Waals surface area contributed by atoms with Crippen LogP contribution >= 0.6 is 0 Å². The van der Waals surface area contributed by atoms with Crippen LogP contribution in [0.3, 0.4) is 0 Å².